The minimum absolute atomic E-state index is 0. The molecule has 0 fully saturated rings. The molecule has 0 bridgehead atoms. The number of anilines is 2. The van der Waals surface area contributed by atoms with Crippen LogP contribution in [0.1, 0.15) is 27.2 Å². The van der Waals surface area contributed by atoms with Gasteiger partial charge in [0.05, 0.1) is 28.2 Å². The average molecular weight is 633 g/mol. The molecule has 1 aliphatic heterocycles. The molecular weight excluding hydrogens is 612 g/mol. The van der Waals surface area contributed by atoms with Crippen LogP contribution in [0.25, 0.3) is 11.0 Å². The lowest BCUT2D eigenvalue weighted by atomic mass is 10.1. The quantitative estimate of drug-likeness (QED) is 0.239. The van der Waals surface area contributed by atoms with Crippen molar-refractivity contribution in [2.75, 3.05) is 17.7 Å². The third-order valence-corrected chi connectivity index (χ3v) is 6.44. The van der Waals surface area contributed by atoms with Crippen molar-refractivity contribution in [2.45, 2.75) is 18.5 Å². The lowest BCUT2D eigenvalue weighted by molar-refractivity contribution is -0.137. The number of aromatic amines is 1. The van der Waals surface area contributed by atoms with Crippen molar-refractivity contribution in [2.24, 2.45) is 0 Å². The number of amides is 2. The van der Waals surface area contributed by atoms with Crippen LogP contribution >= 0.6 is 23.1 Å². The number of aromatic nitrogens is 3. The number of ether oxygens (including phenoxy) is 1. The van der Waals surface area contributed by atoms with E-state index in [4.69, 9.17) is 21.2 Å². The Balaban J connectivity index is 0.000000250. The molecule has 0 atom stereocenters. The van der Waals surface area contributed by atoms with E-state index in [2.05, 4.69) is 25.6 Å². The maximum Gasteiger partial charge on any atom is 0.416 e. The number of halogens is 5. The van der Waals surface area contributed by atoms with Crippen LogP contribution in [0.5, 0.6) is 5.75 Å². The monoisotopic (exact) mass is 632 g/mol. The van der Waals surface area contributed by atoms with Gasteiger partial charge in [-0.25, -0.2) is 18.4 Å². The molecule has 11 nitrogen and oxygen atoms in total. The second-order valence-corrected chi connectivity index (χ2v) is 11.2. The van der Waals surface area contributed by atoms with E-state index >= 15 is 0 Å². The van der Waals surface area contributed by atoms with Gasteiger partial charge in [0, 0.05) is 23.4 Å². The van der Waals surface area contributed by atoms with Crippen LogP contribution in [-0.4, -0.2) is 41.8 Å². The number of nitrogens with two attached hydrogens (primary N) is 1. The highest BCUT2D eigenvalue weighted by Gasteiger charge is 2.30. The van der Waals surface area contributed by atoms with Gasteiger partial charge in [-0.3, -0.25) is 9.59 Å². The van der Waals surface area contributed by atoms with Crippen molar-refractivity contribution in [3.05, 3.63) is 77.4 Å². The lowest BCUT2D eigenvalue weighted by Gasteiger charge is -2.18. The first-order chi connectivity index (χ1) is 18.8. The van der Waals surface area contributed by atoms with Gasteiger partial charge in [0.1, 0.15) is 17.6 Å². The minimum Gasteiger partial charge on any atom is -0.482 e. The molecular formula is C24H21Cl2F3N6O5S. The Bertz CT molecular complexity index is 1700. The molecule has 5 rings (SSSR count). The van der Waals surface area contributed by atoms with Gasteiger partial charge >= 0.3 is 6.18 Å². The standard InChI is InChI=1S/C16H14N6O3.C8H6ClF3O2S.ClH/c17-9-5-18-14-13(9)20-7-21-15(14)16(24)19-4-8-1-2-11-10(3-8)22-12(23)6-25-11;9-15(13,14)5-6-2-1-3-7(4-6)8(10,11)12;/h1-3,5,7,18H,4,6,17H2,(H,19,24)(H,22,23);1-4H,5H2;1H. The first-order valence-corrected chi connectivity index (χ1v) is 13.8. The zero-order valence-electron chi connectivity index (χ0n) is 20.7. The van der Waals surface area contributed by atoms with Crippen molar-refractivity contribution in [3.63, 3.8) is 0 Å². The SMILES string of the molecule is Cl.Nc1c[nH]c2c(C(=O)NCc3ccc4c(c3)NC(=O)CO4)ncnc12.O=S(=O)(Cl)Cc1cccc(C(F)(F)F)c1. The summed E-state index contributed by atoms with van der Waals surface area (Å²) >= 11 is 0. The zero-order chi connectivity index (χ0) is 29.1. The van der Waals surface area contributed by atoms with Gasteiger partial charge < -0.3 is 26.1 Å². The molecule has 0 saturated carbocycles. The lowest BCUT2D eigenvalue weighted by Crippen LogP contribution is -2.26. The Morgan fingerprint density at radius 2 is 1.90 bits per heavy atom. The van der Waals surface area contributed by atoms with Crippen LogP contribution in [0.2, 0.25) is 0 Å². The van der Waals surface area contributed by atoms with E-state index in [-0.39, 0.29) is 48.6 Å². The Hall–Kier alpha value is -4.08. The molecule has 0 spiro atoms. The Kier molecular flexibility index (Phi) is 9.68. The zero-order valence-corrected chi connectivity index (χ0v) is 23.0. The average Bonchev–Trinajstić information content (AvgIpc) is 3.27. The fourth-order valence-electron chi connectivity index (χ4n) is 3.67. The number of H-pyrrole nitrogens is 1. The molecule has 0 aliphatic carbocycles. The van der Waals surface area contributed by atoms with Crippen LogP contribution in [0.15, 0.2) is 55.0 Å². The number of fused-ring (bicyclic) bond motifs is 2. The molecule has 2 aromatic heterocycles. The summed E-state index contributed by atoms with van der Waals surface area (Å²) in [4.78, 5) is 34.8. The third kappa shape index (κ3) is 8.22. The molecule has 3 heterocycles. The summed E-state index contributed by atoms with van der Waals surface area (Å²) in [6.07, 6.45) is -1.61. The predicted octanol–water partition coefficient (Wildman–Crippen LogP) is 4.00. The molecule has 1 aliphatic rings. The van der Waals surface area contributed by atoms with Crippen LogP contribution < -0.4 is 21.1 Å². The number of nitrogens with zero attached hydrogens (tertiary/aromatic N) is 2. The summed E-state index contributed by atoms with van der Waals surface area (Å²) in [5, 5.41) is 5.52. The number of carbonyl (C=O) groups is 2. The van der Waals surface area contributed by atoms with Gasteiger partial charge in [0.2, 0.25) is 9.05 Å². The topological polar surface area (TPSA) is 169 Å². The van der Waals surface area contributed by atoms with Crippen LogP contribution in [0.3, 0.4) is 0 Å². The van der Waals surface area contributed by atoms with Gasteiger partial charge in [-0.2, -0.15) is 13.2 Å². The molecule has 5 N–H and O–H groups in total. The number of carbonyl (C=O) groups excluding carboxylic acids is 2. The van der Waals surface area contributed by atoms with Gasteiger partial charge in [0.15, 0.2) is 12.3 Å². The van der Waals surface area contributed by atoms with Crippen molar-refractivity contribution < 1.29 is 35.9 Å². The molecule has 41 heavy (non-hydrogen) atoms. The Morgan fingerprint density at radius 1 is 1.15 bits per heavy atom. The molecule has 0 saturated heterocycles. The van der Waals surface area contributed by atoms with Crippen LogP contribution in [0.4, 0.5) is 24.5 Å². The molecule has 2 aromatic carbocycles. The van der Waals surface area contributed by atoms with Crippen molar-refractivity contribution in [1.29, 1.82) is 0 Å². The fourth-order valence-corrected chi connectivity index (χ4v) is 4.63. The minimum atomic E-state index is -4.48. The first kappa shape index (κ1) is 31.4. The summed E-state index contributed by atoms with van der Waals surface area (Å²) in [7, 11) is 1.09. The summed E-state index contributed by atoms with van der Waals surface area (Å²) in [5.41, 5.74) is 7.99. The number of nitrogens with one attached hydrogen (secondary N) is 3. The fraction of sp³-hybridized carbons (Fsp3) is 0.167. The molecule has 218 valence electrons. The van der Waals surface area contributed by atoms with Crippen molar-refractivity contribution >= 4 is 66.4 Å². The summed E-state index contributed by atoms with van der Waals surface area (Å²) < 4.78 is 63.3. The number of rotatable bonds is 5. The van der Waals surface area contributed by atoms with Gasteiger partial charge in [-0.1, -0.05) is 24.3 Å². The first-order valence-electron chi connectivity index (χ1n) is 11.3. The predicted molar refractivity (Wildman–Crippen MR) is 147 cm³/mol. The maximum absolute atomic E-state index is 12.4. The smallest absolute Gasteiger partial charge is 0.416 e. The molecule has 0 unspecified atom stereocenters. The van der Waals surface area contributed by atoms with Crippen LogP contribution in [-0.2, 0) is 32.3 Å². The van der Waals surface area contributed by atoms with Crippen LogP contribution in [0, 0.1) is 0 Å². The van der Waals surface area contributed by atoms with Crippen molar-refractivity contribution in [1.82, 2.24) is 20.3 Å². The number of alkyl halides is 3. The number of hydrogen-bond acceptors (Lipinski definition) is 8. The van der Waals surface area contributed by atoms with Gasteiger partial charge in [-0.15, -0.1) is 12.4 Å². The molecule has 4 aromatic rings. The van der Waals surface area contributed by atoms with E-state index in [1.54, 1.807) is 18.3 Å². The van der Waals surface area contributed by atoms with E-state index in [9.17, 15) is 31.2 Å². The second-order valence-electron chi connectivity index (χ2n) is 8.42. The summed E-state index contributed by atoms with van der Waals surface area (Å²) in [6, 6.07) is 9.37. The summed E-state index contributed by atoms with van der Waals surface area (Å²) in [6.45, 7) is 0.274. The number of nitrogen functional groups attached to an aromatic ring is 1. The second kappa shape index (κ2) is 12.6. The Morgan fingerprint density at radius 3 is 2.61 bits per heavy atom. The Labute approximate surface area is 241 Å². The third-order valence-electron chi connectivity index (χ3n) is 5.43. The molecule has 17 heteroatoms. The van der Waals surface area contributed by atoms with Gasteiger partial charge in [0.25, 0.3) is 11.8 Å². The highest BCUT2D eigenvalue weighted by atomic mass is 35.7. The number of hydrogen-bond donors (Lipinski definition) is 4. The normalized spacial score (nSPS) is 12.6. The number of benzene rings is 2. The highest BCUT2D eigenvalue weighted by Crippen LogP contribution is 2.30. The van der Waals surface area contributed by atoms with Gasteiger partial charge in [-0.05, 0) is 29.3 Å². The largest absolute Gasteiger partial charge is 0.482 e. The molecule has 0 radical (unpaired) electrons. The molecule has 2 amide bonds. The summed E-state index contributed by atoms with van der Waals surface area (Å²) in [5.74, 6) is -0.568. The highest BCUT2D eigenvalue weighted by molar-refractivity contribution is 8.13. The van der Waals surface area contributed by atoms with E-state index in [0.29, 0.717) is 28.2 Å². The van der Waals surface area contributed by atoms with E-state index in [1.807, 2.05) is 6.07 Å². The van der Waals surface area contributed by atoms with E-state index in [0.717, 1.165) is 23.8 Å². The maximum atomic E-state index is 12.4. The van der Waals surface area contributed by atoms with Crippen molar-refractivity contribution in [3.8, 4) is 5.75 Å². The van der Waals surface area contributed by atoms with E-state index in [1.165, 1.54) is 12.4 Å². The van der Waals surface area contributed by atoms with E-state index < -0.39 is 26.5 Å².